The third kappa shape index (κ3) is 11.6. The van der Waals surface area contributed by atoms with Gasteiger partial charge in [0.05, 0.1) is 19.1 Å². The molecule has 0 aliphatic heterocycles. The smallest absolute Gasteiger partial charge is 0.328 e. The molecule has 0 aliphatic rings. The van der Waals surface area contributed by atoms with Crippen LogP contribution in [0.4, 0.5) is 0 Å². The van der Waals surface area contributed by atoms with Crippen molar-refractivity contribution in [2.75, 3.05) is 13.2 Å². The Morgan fingerprint density at radius 1 is 0.844 bits per heavy atom. The molecule has 0 aromatic heterocycles. The molecule has 4 unspecified atom stereocenters. The van der Waals surface area contributed by atoms with E-state index in [1.54, 1.807) is 13.8 Å². The number of unbranched alkanes of at least 4 members (excludes halogenated alkanes) is 1. The van der Waals surface area contributed by atoms with E-state index >= 15 is 0 Å². The number of nitrogens with one attached hydrogen (secondary N) is 3. The molecule has 0 bridgehead atoms. The van der Waals surface area contributed by atoms with E-state index in [9.17, 15) is 24.0 Å². The number of hydrogen-bond donors (Lipinski definition) is 8. The molecule has 0 saturated carbocycles. The van der Waals surface area contributed by atoms with Crippen molar-refractivity contribution in [1.82, 2.24) is 16.0 Å². The predicted molar refractivity (Wildman–Crippen MR) is 113 cm³/mol. The Morgan fingerprint density at radius 2 is 1.38 bits per heavy atom. The first-order chi connectivity index (χ1) is 14.9. The molecule has 10 N–H and O–H groups in total. The second kappa shape index (κ2) is 15.1. The largest absolute Gasteiger partial charge is 0.481 e. The number of aliphatic hydroxyl groups is 1. The van der Waals surface area contributed by atoms with Crippen molar-refractivity contribution >= 4 is 29.7 Å². The van der Waals surface area contributed by atoms with Gasteiger partial charge in [0.1, 0.15) is 18.1 Å². The third-order valence-electron chi connectivity index (χ3n) is 4.45. The predicted octanol–water partition coefficient (Wildman–Crippen LogP) is -2.51. The van der Waals surface area contributed by atoms with E-state index in [1.165, 1.54) is 0 Å². The SMILES string of the molecule is CC(C)CC(NC(=O)C(CCCCN)NC(=O)C(N)CC(=O)O)C(=O)NC(CO)C(=O)O. The highest BCUT2D eigenvalue weighted by Gasteiger charge is 2.30. The van der Waals surface area contributed by atoms with Crippen LogP contribution in [0.5, 0.6) is 0 Å². The van der Waals surface area contributed by atoms with E-state index < -0.39 is 66.9 Å². The normalized spacial score (nSPS) is 14.7. The van der Waals surface area contributed by atoms with Crippen LogP contribution >= 0.6 is 0 Å². The molecule has 32 heavy (non-hydrogen) atoms. The lowest BCUT2D eigenvalue weighted by Gasteiger charge is -2.25. The Hall–Kier alpha value is -2.77. The number of aliphatic carboxylic acids is 2. The maximum Gasteiger partial charge on any atom is 0.328 e. The zero-order valence-electron chi connectivity index (χ0n) is 18.4. The lowest BCUT2D eigenvalue weighted by molar-refractivity contribution is -0.143. The van der Waals surface area contributed by atoms with Crippen LogP contribution in [-0.2, 0) is 24.0 Å². The van der Waals surface area contributed by atoms with E-state index in [-0.39, 0.29) is 18.8 Å². The second-order valence-electron chi connectivity index (χ2n) is 7.82. The zero-order valence-corrected chi connectivity index (χ0v) is 18.4. The number of rotatable bonds is 16. The van der Waals surface area contributed by atoms with Gasteiger partial charge < -0.3 is 42.7 Å². The maximum atomic E-state index is 12.8. The Morgan fingerprint density at radius 3 is 1.84 bits per heavy atom. The van der Waals surface area contributed by atoms with Gasteiger partial charge in [-0.05, 0) is 38.1 Å². The highest BCUT2D eigenvalue weighted by atomic mass is 16.4. The standard InChI is InChI=1S/C19H35N5O8/c1-10(2)7-13(18(30)24-14(9-25)19(31)32)23-17(29)12(5-3-4-6-20)22-16(28)11(21)8-15(26)27/h10-14,25H,3-9,20-21H2,1-2H3,(H,22,28)(H,23,29)(H,24,30)(H,26,27)(H,31,32). The summed E-state index contributed by atoms with van der Waals surface area (Å²) in [6, 6.07) is -5.14. The van der Waals surface area contributed by atoms with Crippen molar-refractivity contribution in [3.63, 3.8) is 0 Å². The molecule has 13 heteroatoms. The molecule has 0 spiro atoms. The molecule has 0 aliphatic carbocycles. The molecule has 0 radical (unpaired) electrons. The number of carbonyl (C=O) groups excluding carboxylic acids is 3. The highest BCUT2D eigenvalue weighted by Crippen LogP contribution is 2.08. The molecule has 0 heterocycles. The molecule has 3 amide bonds. The molecule has 0 aromatic carbocycles. The number of aliphatic hydroxyl groups excluding tert-OH is 1. The number of carbonyl (C=O) groups is 5. The zero-order chi connectivity index (χ0) is 24.8. The van der Waals surface area contributed by atoms with Gasteiger partial charge in [-0.2, -0.15) is 0 Å². The van der Waals surface area contributed by atoms with Gasteiger partial charge in [-0.25, -0.2) is 4.79 Å². The summed E-state index contributed by atoms with van der Waals surface area (Å²) in [7, 11) is 0. The summed E-state index contributed by atoms with van der Waals surface area (Å²) in [5.74, 6) is -5.12. The number of carboxylic acids is 2. The lowest BCUT2D eigenvalue weighted by Crippen LogP contribution is -2.57. The fourth-order valence-corrected chi connectivity index (χ4v) is 2.75. The minimum atomic E-state index is -1.54. The van der Waals surface area contributed by atoms with Crippen LogP contribution in [0.1, 0.15) is 46.0 Å². The summed E-state index contributed by atoms with van der Waals surface area (Å²) in [6.45, 7) is 3.11. The van der Waals surface area contributed by atoms with E-state index in [4.69, 9.17) is 26.8 Å². The average molecular weight is 462 g/mol. The van der Waals surface area contributed by atoms with Crippen molar-refractivity contribution in [2.45, 2.75) is 70.1 Å². The van der Waals surface area contributed by atoms with Crippen molar-refractivity contribution in [3.8, 4) is 0 Å². The summed E-state index contributed by atoms with van der Waals surface area (Å²) >= 11 is 0. The van der Waals surface area contributed by atoms with Crippen molar-refractivity contribution in [3.05, 3.63) is 0 Å². The fraction of sp³-hybridized carbons (Fsp3) is 0.737. The van der Waals surface area contributed by atoms with Crippen LogP contribution in [0.3, 0.4) is 0 Å². The molecule has 0 saturated heterocycles. The Bertz CT molecular complexity index is 658. The molecule has 184 valence electrons. The second-order valence-corrected chi connectivity index (χ2v) is 7.82. The van der Waals surface area contributed by atoms with Crippen LogP contribution in [0.2, 0.25) is 0 Å². The van der Waals surface area contributed by atoms with E-state index in [0.717, 1.165) is 0 Å². The van der Waals surface area contributed by atoms with Gasteiger partial charge in [-0.1, -0.05) is 13.8 Å². The van der Waals surface area contributed by atoms with Gasteiger partial charge in [-0.3, -0.25) is 19.2 Å². The first kappa shape index (κ1) is 29.2. The van der Waals surface area contributed by atoms with Crippen LogP contribution < -0.4 is 27.4 Å². The molecule has 0 rings (SSSR count). The molecule has 4 atom stereocenters. The monoisotopic (exact) mass is 461 g/mol. The molecule has 0 fully saturated rings. The Labute approximate surface area is 186 Å². The Balaban J connectivity index is 5.42. The lowest BCUT2D eigenvalue weighted by atomic mass is 10.0. The number of carboxylic acid groups (broad SMARTS) is 2. The van der Waals surface area contributed by atoms with Gasteiger partial charge in [0.25, 0.3) is 0 Å². The fourth-order valence-electron chi connectivity index (χ4n) is 2.75. The van der Waals surface area contributed by atoms with E-state index in [0.29, 0.717) is 19.4 Å². The highest BCUT2D eigenvalue weighted by molar-refractivity contribution is 5.94. The summed E-state index contributed by atoms with van der Waals surface area (Å²) < 4.78 is 0. The van der Waals surface area contributed by atoms with Crippen LogP contribution in [0.25, 0.3) is 0 Å². The quantitative estimate of drug-likeness (QED) is 0.112. The van der Waals surface area contributed by atoms with Crippen molar-refractivity contribution in [2.24, 2.45) is 17.4 Å². The van der Waals surface area contributed by atoms with Crippen LogP contribution in [0.15, 0.2) is 0 Å². The van der Waals surface area contributed by atoms with E-state index in [2.05, 4.69) is 16.0 Å². The van der Waals surface area contributed by atoms with Crippen LogP contribution in [-0.4, -0.2) is 82.3 Å². The first-order valence-corrected chi connectivity index (χ1v) is 10.3. The molecule has 0 aromatic rings. The Kier molecular flexibility index (Phi) is 13.8. The van der Waals surface area contributed by atoms with E-state index in [1.807, 2.05) is 0 Å². The number of hydrogen-bond acceptors (Lipinski definition) is 8. The summed E-state index contributed by atoms with van der Waals surface area (Å²) in [4.78, 5) is 59.4. The van der Waals surface area contributed by atoms with Gasteiger partial charge in [0.15, 0.2) is 0 Å². The van der Waals surface area contributed by atoms with Crippen molar-refractivity contribution in [1.29, 1.82) is 0 Å². The molecule has 13 nitrogen and oxygen atoms in total. The number of nitrogens with two attached hydrogens (primary N) is 2. The average Bonchev–Trinajstić information content (AvgIpc) is 2.69. The molecular formula is C19H35N5O8. The van der Waals surface area contributed by atoms with Gasteiger partial charge >= 0.3 is 11.9 Å². The maximum absolute atomic E-state index is 12.8. The van der Waals surface area contributed by atoms with Gasteiger partial charge in [-0.15, -0.1) is 0 Å². The topological polar surface area (TPSA) is 234 Å². The third-order valence-corrected chi connectivity index (χ3v) is 4.45. The van der Waals surface area contributed by atoms with Crippen LogP contribution in [0, 0.1) is 5.92 Å². The minimum absolute atomic E-state index is 0.0577. The van der Waals surface area contributed by atoms with Gasteiger partial charge in [0.2, 0.25) is 17.7 Å². The first-order valence-electron chi connectivity index (χ1n) is 10.3. The number of amides is 3. The summed E-state index contributed by atoms with van der Waals surface area (Å²) in [5, 5.41) is 34.0. The minimum Gasteiger partial charge on any atom is -0.481 e. The van der Waals surface area contributed by atoms with Crippen molar-refractivity contribution < 1.29 is 39.3 Å². The summed E-state index contributed by atoms with van der Waals surface area (Å²) in [5.41, 5.74) is 11.0. The van der Waals surface area contributed by atoms with Gasteiger partial charge in [0, 0.05) is 0 Å². The summed E-state index contributed by atoms with van der Waals surface area (Å²) in [6.07, 6.45) is 0.735. The molecular weight excluding hydrogens is 426 g/mol.